The van der Waals surface area contributed by atoms with Gasteiger partial charge in [0.05, 0.1) is 17.7 Å². The summed E-state index contributed by atoms with van der Waals surface area (Å²) >= 11 is 0. The van der Waals surface area contributed by atoms with E-state index in [9.17, 15) is 14.4 Å². The summed E-state index contributed by atoms with van der Waals surface area (Å²) < 4.78 is 9.96. The van der Waals surface area contributed by atoms with Gasteiger partial charge in [-0.3, -0.25) is 0 Å². The van der Waals surface area contributed by atoms with Crippen LogP contribution < -0.4 is 4.74 Å². The van der Waals surface area contributed by atoms with Gasteiger partial charge in [-0.25, -0.2) is 14.4 Å². The Balaban J connectivity index is 2.00. The molecule has 6 nitrogen and oxygen atoms in total. The summed E-state index contributed by atoms with van der Waals surface area (Å²) in [5, 5.41) is 8.83. The van der Waals surface area contributed by atoms with Gasteiger partial charge >= 0.3 is 17.9 Å². The molecular formula is C19H16O6. The Morgan fingerprint density at radius 2 is 1.56 bits per heavy atom. The second-order valence-electron chi connectivity index (χ2n) is 4.93. The van der Waals surface area contributed by atoms with Crippen LogP contribution in [0.3, 0.4) is 0 Å². The van der Waals surface area contributed by atoms with E-state index in [-0.39, 0.29) is 11.3 Å². The molecule has 0 amide bonds. The molecule has 2 rings (SSSR count). The molecule has 0 atom stereocenters. The minimum absolute atomic E-state index is 0.109. The first-order valence-corrected chi connectivity index (χ1v) is 7.50. The van der Waals surface area contributed by atoms with E-state index in [1.807, 2.05) is 0 Å². The van der Waals surface area contributed by atoms with Crippen LogP contribution in [0.5, 0.6) is 5.75 Å². The van der Waals surface area contributed by atoms with E-state index in [1.165, 1.54) is 30.3 Å². The maximum atomic E-state index is 12.1. The summed E-state index contributed by atoms with van der Waals surface area (Å²) in [7, 11) is 0. The van der Waals surface area contributed by atoms with Crippen LogP contribution >= 0.6 is 0 Å². The van der Waals surface area contributed by atoms with Crippen molar-refractivity contribution in [3.63, 3.8) is 0 Å². The molecule has 0 saturated carbocycles. The van der Waals surface area contributed by atoms with Crippen LogP contribution in [0.25, 0.3) is 6.08 Å². The van der Waals surface area contributed by atoms with Crippen LogP contribution in [0.2, 0.25) is 0 Å². The molecule has 0 radical (unpaired) electrons. The van der Waals surface area contributed by atoms with Gasteiger partial charge in [0.25, 0.3) is 0 Å². The van der Waals surface area contributed by atoms with Crippen molar-refractivity contribution in [3.05, 3.63) is 71.3 Å². The number of carboxylic acid groups (broad SMARTS) is 1. The van der Waals surface area contributed by atoms with Gasteiger partial charge in [0.15, 0.2) is 0 Å². The first-order chi connectivity index (χ1) is 12.0. The lowest BCUT2D eigenvalue weighted by Crippen LogP contribution is -2.08. The van der Waals surface area contributed by atoms with E-state index in [2.05, 4.69) is 0 Å². The minimum atomic E-state index is -1.05. The van der Waals surface area contributed by atoms with Crippen molar-refractivity contribution in [3.8, 4) is 5.75 Å². The summed E-state index contributed by atoms with van der Waals surface area (Å²) in [6.07, 6.45) is 2.89. The first kappa shape index (κ1) is 17.9. The number of rotatable bonds is 6. The molecule has 0 heterocycles. The lowest BCUT2D eigenvalue weighted by atomic mass is 10.1. The number of carbonyl (C=O) groups is 3. The molecule has 0 aliphatic rings. The average molecular weight is 340 g/mol. The van der Waals surface area contributed by atoms with Crippen LogP contribution in [0.1, 0.15) is 33.2 Å². The smallest absolute Gasteiger partial charge is 0.343 e. The number of carbonyl (C=O) groups excluding carboxylic acids is 2. The van der Waals surface area contributed by atoms with Crippen molar-refractivity contribution in [2.45, 2.75) is 6.92 Å². The number of hydrogen-bond acceptors (Lipinski definition) is 5. The summed E-state index contributed by atoms with van der Waals surface area (Å²) in [4.78, 5) is 34.1. The molecule has 2 aromatic carbocycles. The Morgan fingerprint density at radius 1 is 0.960 bits per heavy atom. The number of benzene rings is 2. The molecule has 0 spiro atoms. The summed E-state index contributed by atoms with van der Waals surface area (Å²) in [5.74, 6) is -1.80. The third-order valence-electron chi connectivity index (χ3n) is 3.16. The minimum Gasteiger partial charge on any atom is -0.478 e. The summed E-state index contributed by atoms with van der Waals surface area (Å²) in [5.41, 5.74) is 1.17. The number of ether oxygens (including phenoxy) is 2. The Hall–Kier alpha value is -3.41. The molecule has 0 aliphatic heterocycles. The van der Waals surface area contributed by atoms with Crippen molar-refractivity contribution in [2.75, 3.05) is 6.61 Å². The van der Waals surface area contributed by atoms with E-state index in [1.54, 1.807) is 37.3 Å². The maximum absolute atomic E-state index is 12.1. The lowest BCUT2D eigenvalue weighted by molar-refractivity contribution is -0.137. The topological polar surface area (TPSA) is 89.9 Å². The molecule has 128 valence electrons. The number of esters is 2. The Bertz CT molecular complexity index is 788. The highest BCUT2D eigenvalue weighted by atomic mass is 16.5. The van der Waals surface area contributed by atoms with Crippen molar-refractivity contribution in [1.82, 2.24) is 0 Å². The van der Waals surface area contributed by atoms with Crippen molar-refractivity contribution < 1.29 is 29.0 Å². The van der Waals surface area contributed by atoms with E-state index >= 15 is 0 Å². The van der Waals surface area contributed by atoms with Gasteiger partial charge in [-0.1, -0.05) is 12.1 Å². The molecule has 0 bridgehead atoms. The Kier molecular flexibility index (Phi) is 6.06. The standard InChI is InChI=1S/C19H16O6/c1-2-24-17(20)12-5-13-3-6-15(7-4-13)19(23)25-16-10-8-14(9-11-16)18(21)22/h3-12H,2H2,1H3,(H,21,22)/b12-5+. The number of hydrogen-bond donors (Lipinski definition) is 1. The molecule has 0 unspecified atom stereocenters. The zero-order chi connectivity index (χ0) is 18.2. The second kappa shape index (κ2) is 8.44. The van der Waals surface area contributed by atoms with Crippen molar-refractivity contribution in [1.29, 1.82) is 0 Å². The highest BCUT2D eigenvalue weighted by Crippen LogP contribution is 2.15. The van der Waals surface area contributed by atoms with Crippen LogP contribution in [-0.2, 0) is 9.53 Å². The predicted molar refractivity (Wildman–Crippen MR) is 90.5 cm³/mol. The molecule has 0 aromatic heterocycles. The fourth-order valence-electron chi connectivity index (χ4n) is 1.92. The Labute approximate surface area is 144 Å². The fraction of sp³-hybridized carbons (Fsp3) is 0.105. The fourth-order valence-corrected chi connectivity index (χ4v) is 1.92. The average Bonchev–Trinajstić information content (AvgIpc) is 2.61. The monoisotopic (exact) mass is 340 g/mol. The molecule has 1 N–H and O–H groups in total. The molecule has 0 fully saturated rings. The van der Waals surface area contributed by atoms with Gasteiger partial charge in [0, 0.05) is 6.08 Å². The van der Waals surface area contributed by atoms with E-state index in [0.29, 0.717) is 12.2 Å². The van der Waals surface area contributed by atoms with Crippen molar-refractivity contribution >= 4 is 24.0 Å². The predicted octanol–water partition coefficient (Wildman–Crippen LogP) is 3.18. The molecule has 2 aromatic rings. The van der Waals surface area contributed by atoms with Gasteiger partial charge in [0.1, 0.15) is 5.75 Å². The molecule has 0 aliphatic carbocycles. The molecule has 0 saturated heterocycles. The van der Waals surface area contributed by atoms with E-state index in [4.69, 9.17) is 14.6 Å². The highest BCUT2D eigenvalue weighted by Gasteiger charge is 2.09. The zero-order valence-electron chi connectivity index (χ0n) is 13.5. The van der Waals surface area contributed by atoms with Gasteiger partial charge in [-0.15, -0.1) is 0 Å². The largest absolute Gasteiger partial charge is 0.478 e. The molecule has 6 heteroatoms. The normalized spacial score (nSPS) is 10.4. The summed E-state index contributed by atoms with van der Waals surface area (Å²) in [6, 6.07) is 12.0. The van der Waals surface area contributed by atoms with Crippen LogP contribution in [0, 0.1) is 0 Å². The Morgan fingerprint density at radius 3 is 2.12 bits per heavy atom. The van der Waals surface area contributed by atoms with Crippen LogP contribution in [-0.4, -0.2) is 29.6 Å². The van der Waals surface area contributed by atoms with Gasteiger partial charge in [-0.05, 0) is 55.0 Å². The van der Waals surface area contributed by atoms with Crippen LogP contribution in [0.4, 0.5) is 0 Å². The SMILES string of the molecule is CCOC(=O)/C=C/c1ccc(C(=O)Oc2ccc(C(=O)O)cc2)cc1. The van der Waals surface area contributed by atoms with Gasteiger partial charge in [0.2, 0.25) is 0 Å². The quantitative estimate of drug-likeness (QED) is 0.493. The van der Waals surface area contributed by atoms with Crippen molar-refractivity contribution in [2.24, 2.45) is 0 Å². The second-order valence-corrected chi connectivity index (χ2v) is 4.93. The number of aromatic carboxylic acids is 1. The first-order valence-electron chi connectivity index (χ1n) is 7.50. The van der Waals surface area contributed by atoms with Gasteiger partial charge in [-0.2, -0.15) is 0 Å². The van der Waals surface area contributed by atoms with Gasteiger partial charge < -0.3 is 14.6 Å². The highest BCUT2D eigenvalue weighted by molar-refractivity contribution is 5.92. The third kappa shape index (κ3) is 5.31. The third-order valence-corrected chi connectivity index (χ3v) is 3.16. The zero-order valence-corrected chi connectivity index (χ0v) is 13.5. The van der Waals surface area contributed by atoms with Crippen LogP contribution in [0.15, 0.2) is 54.6 Å². The summed E-state index contributed by atoms with van der Waals surface area (Å²) in [6.45, 7) is 2.03. The molecule has 25 heavy (non-hydrogen) atoms. The lowest BCUT2D eigenvalue weighted by Gasteiger charge is -2.05. The molecular weight excluding hydrogens is 324 g/mol. The number of carboxylic acids is 1. The van der Waals surface area contributed by atoms with E-state index < -0.39 is 17.9 Å². The van der Waals surface area contributed by atoms with E-state index in [0.717, 1.165) is 5.56 Å². The maximum Gasteiger partial charge on any atom is 0.343 e.